The van der Waals surface area contributed by atoms with Crippen LogP contribution in [0.4, 0.5) is 13.2 Å². The number of ether oxygens (including phenoxy) is 1. The molecule has 3 rings (SSSR count). The summed E-state index contributed by atoms with van der Waals surface area (Å²) in [6.07, 6.45) is -1.89. The number of hydrogen-bond acceptors (Lipinski definition) is 5. The first kappa shape index (κ1) is 31.6. The van der Waals surface area contributed by atoms with Crippen LogP contribution in [-0.4, -0.2) is 84.7 Å². The Morgan fingerprint density at radius 2 is 1.62 bits per heavy atom. The van der Waals surface area contributed by atoms with Crippen LogP contribution < -0.4 is 10.1 Å². The molecule has 0 radical (unpaired) electrons. The van der Waals surface area contributed by atoms with Gasteiger partial charge in [0.05, 0.1) is 6.61 Å². The van der Waals surface area contributed by atoms with E-state index < -0.39 is 12.1 Å². The molecule has 0 unspecified atom stereocenters. The highest BCUT2D eigenvalue weighted by Gasteiger charge is 2.38. The second-order valence-electron chi connectivity index (χ2n) is 8.94. The fourth-order valence-corrected chi connectivity index (χ4v) is 3.74. The summed E-state index contributed by atoms with van der Waals surface area (Å²) in [4.78, 5) is 38.5. The lowest BCUT2D eigenvalue weighted by molar-refractivity contribution is -0.192. The lowest BCUT2D eigenvalue weighted by Gasteiger charge is -2.29. The Balaban J connectivity index is 0.000000673. The first-order valence-corrected chi connectivity index (χ1v) is 13.0. The number of alkyl halides is 3. The van der Waals surface area contributed by atoms with Gasteiger partial charge in [-0.2, -0.15) is 13.2 Å². The monoisotopic (exact) mass is 551 g/mol. The van der Waals surface area contributed by atoms with Gasteiger partial charge in [0.1, 0.15) is 5.75 Å². The van der Waals surface area contributed by atoms with Gasteiger partial charge in [0.25, 0.3) is 5.91 Å². The molecule has 8 nitrogen and oxygen atoms in total. The van der Waals surface area contributed by atoms with Crippen molar-refractivity contribution in [2.24, 2.45) is 0 Å². The summed E-state index contributed by atoms with van der Waals surface area (Å²) in [6, 6.07) is 17.5. The number of unbranched alkanes of at least 4 members (excludes halogenated alkanes) is 1. The molecular weight excluding hydrogens is 515 g/mol. The third-order valence-electron chi connectivity index (χ3n) is 5.98. The molecule has 2 N–H and O–H groups in total. The second kappa shape index (κ2) is 16.4. The van der Waals surface area contributed by atoms with Crippen molar-refractivity contribution >= 4 is 17.8 Å². The summed E-state index contributed by atoms with van der Waals surface area (Å²) < 4.78 is 37.4. The smallest absolute Gasteiger partial charge is 0.490 e. The highest BCUT2D eigenvalue weighted by molar-refractivity contribution is 5.94. The lowest BCUT2D eigenvalue weighted by atomic mass is 10.1. The molecule has 0 aliphatic carbocycles. The van der Waals surface area contributed by atoms with E-state index >= 15 is 0 Å². The number of piperazine rings is 1. The summed E-state index contributed by atoms with van der Waals surface area (Å²) in [7, 11) is 0. The average molecular weight is 552 g/mol. The molecule has 1 heterocycles. The maximum atomic E-state index is 13.3. The molecule has 0 bridgehead atoms. The van der Waals surface area contributed by atoms with Crippen molar-refractivity contribution in [1.82, 2.24) is 15.1 Å². The number of benzene rings is 2. The van der Waals surface area contributed by atoms with Crippen LogP contribution in [0.5, 0.6) is 5.75 Å². The molecule has 1 aliphatic heterocycles. The highest BCUT2D eigenvalue weighted by Crippen LogP contribution is 2.16. The van der Waals surface area contributed by atoms with Gasteiger partial charge in [-0.1, -0.05) is 43.7 Å². The number of rotatable bonds is 11. The van der Waals surface area contributed by atoms with Gasteiger partial charge in [-0.25, -0.2) is 4.79 Å². The third-order valence-corrected chi connectivity index (χ3v) is 5.98. The molecule has 39 heavy (non-hydrogen) atoms. The maximum absolute atomic E-state index is 13.3. The SMILES string of the molecule is CCCCOc1ccc(C(=O)N(CCC(=O)N2CCNCC2)CCc2ccccc2)cc1.O=C(O)C(F)(F)F. The molecule has 2 aromatic carbocycles. The van der Waals surface area contributed by atoms with Crippen molar-refractivity contribution in [2.45, 2.75) is 38.8 Å². The Morgan fingerprint density at radius 1 is 1.00 bits per heavy atom. The average Bonchev–Trinajstić information content (AvgIpc) is 2.94. The first-order valence-electron chi connectivity index (χ1n) is 13.0. The van der Waals surface area contributed by atoms with Crippen LogP contribution in [0.2, 0.25) is 0 Å². The molecule has 2 aromatic rings. The number of carboxylic acid groups (broad SMARTS) is 1. The number of nitrogens with one attached hydrogen (secondary N) is 1. The van der Waals surface area contributed by atoms with Crippen LogP contribution in [-0.2, 0) is 16.0 Å². The minimum atomic E-state index is -5.08. The van der Waals surface area contributed by atoms with E-state index in [1.165, 1.54) is 5.56 Å². The molecule has 0 spiro atoms. The van der Waals surface area contributed by atoms with Gasteiger partial charge in [0.15, 0.2) is 0 Å². The molecule has 214 valence electrons. The number of nitrogens with zero attached hydrogens (tertiary/aromatic N) is 2. The zero-order chi connectivity index (χ0) is 28.7. The molecule has 1 saturated heterocycles. The van der Waals surface area contributed by atoms with Crippen molar-refractivity contribution in [3.63, 3.8) is 0 Å². The van der Waals surface area contributed by atoms with E-state index in [4.69, 9.17) is 14.6 Å². The van der Waals surface area contributed by atoms with Gasteiger partial charge in [0, 0.05) is 51.3 Å². The molecule has 11 heteroatoms. The van der Waals surface area contributed by atoms with E-state index in [0.29, 0.717) is 31.7 Å². The van der Waals surface area contributed by atoms with Crippen molar-refractivity contribution < 1.29 is 37.4 Å². The fourth-order valence-electron chi connectivity index (χ4n) is 3.74. The summed E-state index contributed by atoms with van der Waals surface area (Å²) in [5.41, 5.74) is 1.80. The van der Waals surface area contributed by atoms with Gasteiger partial charge in [-0.15, -0.1) is 0 Å². The van der Waals surface area contributed by atoms with Gasteiger partial charge in [-0.3, -0.25) is 9.59 Å². The highest BCUT2D eigenvalue weighted by atomic mass is 19.4. The Kier molecular flexibility index (Phi) is 13.3. The minimum Gasteiger partial charge on any atom is -0.494 e. The lowest BCUT2D eigenvalue weighted by Crippen LogP contribution is -2.47. The summed E-state index contributed by atoms with van der Waals surface area (Å²) in [6.45, 7) is 6.93. The minimum absolute atomic E-state index is 0.0471. The van der Waals surface area contributed by atoms with Crippen LogP contribution in [0.1, 0.15) is 42.1 Å². The van der Waals surface area contributed by atoms with Crippen molar-refractivity contribution in [1.29, 1.82) is 0 Å². The van der Waals surface area contributed by atoms with Crippen LogP contribution in [0.25, 0.3) is 0 Å². The number of halogens is 3. The third kappa shape index (κ3) is 11.8. The van der Waals surface area contributed by atoms with E-state index in [0.717, 1.165) is 51.2 Å². The van der Waals surface area contributed by atoms with E-state index in [1.54, 1.807) is 4.90 Å². The van der Waals surface area contributed by atoms with Gasteiger partial charge in [0.2, 0.25) is 5.91 Å². The summed E-state index contributed by atoms with van der Waals surface area (Å²) >= 11 is 0. The summed E-state index contributed by atoms with van der Waals surface area (Å²) in [5.74, 6) is -1.91. The largest absolute Gasteiger partial charge is 0.494 e. The Labute approximate surface area is 226 Å². The normalized spacial score (nSPS) is 13.2. The van der Waals surface area contributed by atoms with Crippen molar-refractivity contribution in [2.75, 3.05) is 45.9 Å². The number of hydrogen-bond donors (Lipinski definition) is 2. The maximum Gasteiger partial charge on any atom is 0.490 e. The van der Waals surface area contributed by atoms with Crippen LogP contribution in [0, 0.1) is 0 Å². The van der Waals surface area contributed by atoms with Crippen LogP contribution in [0.15, 0.2) is 54.6 Å². The number of aliphatic carboxylic acids is 1. The zero-order valence-corrected chi connectivity index (χ0v) is 22.1. The molecule has 1 fully saturated rings. The molecule has 0 atom stereocenters. The number of carbonyl (C=O) groups excluding carboxylic acids is 2. The van der Waals surface area contributed by atoms with E-state index in [2.05, 4.69) is 24.4 Å². The van der Waals surface area contributed by atoms with Gasteiger partial charge < -0.3 is 25.0 Å². The predicted molar refractivity (Wildman–Crippen MR) is 141 cm³/mol. The van der Waals surface area contributed by atoms with Gasteiger partial charge >= 0.3 is 12.1 Å². The topological polar surface area (TPSA) is 99.2 Å². The molecule has 0 saturated carbocycles. The van der Waals surface area contributed by atoms with Crippen LogP contribution in [0.3, 0.4) is 0 Å². The summed E-state index contributed by atoms with van der Waals surface area (Å²) in [5, 5.41) is 10.4. The molecular formula is C28H36F3N3O5. The Hall–Kier alpha value is -3.60. The number of carboxylic acids is 1. The molecule has 1 aliphatic rings. The van der Waals surface area contributed by atoms with Crippen LogP contribution >= 0.6 is 0 Å². The van der Waals surface area contributed by atoms with Gasteiger partial charge in [-0.05, 0) is 42.7 Å². The van der Waals surface area contributed by atoms with Crippen molar-refractivity contribution in [3.05, 3.63) is 65.7 Å². The fraction of sp³-hybridized carbons (Fsp3) is 0.464. The molecule has 2 amide bonds. The second-order valence-corrected chi connectivity index (χ2v) is 8.94. The van der Waals surface area contributed by atoms with E-state index in [-0.39, 0.29) is 11.8 Å². The van der Waals surface area contributed by atoms with E-state index in [1.807, 2.05) is 47.4 Å². The number of carbonyl (C=O) groups is 3. The quantitative estimate of drug-likeness (QED) is 0.410. The van der Waals surface area contributed by atoms with Crippen molar-refractivity contribution in [3.8, 4) is 5.75 Å². The Bertz CT molecular complexity index is 1030. The standard InChI is InChI=1S/C26H35N3O3.C2HF3O2/c1-2-3-21-32-24-11-9-23(10-12-24)26(31)29(17-13-22-7-5-4-6-8-22)18-14-25(30)28-19-15-27-16-20-28;3-2(4,5)1(6)7/h4-12,27H,2-3,13-21H2,1H3;(H,6,7). The molecule has 0 aromatic heterocycles. The zero-order valence-electron chi connectivity index (χ0n) is 22.1. The Morgan fingerprint density at radius 3 is 2.18 bits per heavy atom. The first-order chi connectivity index (χ1) is 18.6. The van der Waals surface area contributed by atoms with E-state index in [9.17, 15) is 22.8 Å². The number of amides is 2. The predicted octanol–water partition coefficient (Wildman–Crippen LogP) is 4.01.